The topological polar surface area (TPSA) is 67.9 Å². The minimum Gasteiger partial charge on any atom is -0.258 e. The van der Waals surface area contributed by atoms with Crippen molar-refractivity contribution in [2.24, 2.45) is 10.2 Å². The lowest BCUT2D eigenvalue weighted by atomic mass is 10.1. The molecule has 0 aliphatic heterocycles. The zero-order valence-electron chi connectivity index (χ0n) is 11.6. The maximum absolute atomic E-state index is 10.9. The first-order valence-corrected chi connectivity index (χ1v) is 8.18. The van der Waals surface area contributed by atoms with Crippen molar-refractivity contribution in [1.29, 1.82) is 0 Å². The van der Waals surface area contributed by atoms with Crippen molar-refractivity contribution >= 4 is 59.7 Å². The number of fused-ring (bicyclic) bond motifs is 1. The Kier molecular flexibility index (Phi) is 4.49. The molecule has 3 aromatic rings. The summed E-state index contributed by atoms with van der Waals surface area (Å²) in [4.78, 5) is 10.4. The van der Waals surface area contributed by atoms with Crippen LogP contribution in [0.15, 0.2) is 73.8 Å². The van der Waals surface area contributed by atoms with Crippen molar-refractivity contribution in [3.8, 4) is 0 Å². The summed E-state index contributed by atoms with van der Waals surface area (Å²) in [7, 11) is 0. The Morgan fingerprint density at radius 1 is 0.913 bits per heavy atom. The zero-order chi connectivity index (χ0) is 16.4. The van der Waals surface area contributed by atoms with E-state index in [2.05, 4.69) is 42.1 Å². The zero-order valence-corrected chi connectivity index (χ0v) is 14.8. The Hall–Kier alpha value is -2.12. The Morgan fingerprint density at radius 3 is 2.26 bits per heavy atom. The van der Waals surface area contributed by atoms with E-state index in [9.17, 15) is 10.1 Å². The van der Waals surface area contributed by atoms with E-state index in [-0.39, 0.29) is 5.69 Å². The quantitative estimate of drug-likeness (QED) is 0.262. The number of halogens is 2. The summed E-state index contributed by atoms with van der Waals surface area (Å²) in [5.74, 6) is 0. The number of hydrogen-bond donors (Lipinski definition) is 0. The highest BCUT2D eigenvalue weighted by Crippen LogP contribution is 2.38. The lowest BCUT2D eigenvalue weighted by Crippen LogP contribution is -1.87. The molecular formula is C16H9Br2N3O2. The van der Waals surface area contributed by atoms with Crippen LogP contribution in [0.25, 0.3) is 10.8 Å². The highest BCUT2D eigenvalue weighted by molar-refractivity contribution is 9.11. The minimum absolute atomic E-state index is 0.0205. The normalized spacial score (nSPS) is 11.2. The minimum atomic E-state index is -0.457. The molecule has 0 aliphatic carbocycles. The van der Waals surface area contributed by atoms with Crippen LogP contribution in [-0.4, -0.2) is 4.92 Å². The molecule has 114 valence electrons. The van der Waals surface area contributed by atoms with Crippen LogP contribution in [0.3, 0.4) is 0 Å². The predicted molar refractivity (Wildman–Crippen MR) is 96.6 cm³/mol. The van der Waals surface area contributed by atoms with Crippen LogP contribution in [0.5, 0.6) is 0 Å². The van der Waals surface area contributed by atoms with E-state index >= 15 is 0 Å². The first-order chi connectivity index (χ1) is 11.1. The number of benzene rings is 3. The van der Waals surface area contributed by atoms with E-state index in [1.165, 1.54) is 12.1 Å². The van der Waals surface area contributed by atoms with E-state index in [0.717, 1.165) is 16.5 Å². The molecule has 3 rings (SSSR count). The molecular weight excluding hydrogens is 426 g/mol. The summed E-state index contributed by atoms with van der Waals surface area (Å²) in [6.45, 7) is 0. The van der Waals surface area contributed by atoms with Gasteiger partial charge in [-0.1, -0.05) is 36.4 Å². The second-order valence-corrected chi connectivity index (χ2v) is 6.42. The van der Waals surface area contributed by atoms with Crippen LogP contribution in [0.4, 0.5) is 17.1 Å². The highest BCUT2D eigenvalue weighted by Gasteiger charge is 2.13. The van der Waals surface area contributed by atoms with Crippen LogP contribution >= 0.6 is 31.9 Å². The monoisotopic (exact) mass is 433 g/mol. The average Bonchev–Trinajstić information content (AvgIpc) is 2.54. The average molecular weight is 435 g/mol. The molecule has 5 nitrogen and oxygen atoms in total. The molecule has 0 N–H and O–H groups in total. The molecule has 0 atom stereocenters. The molecule has 0 saturated heterocycles. The fourth-order valence-corrected chi connectivity index (χ4v) is 3.47. The van der Waals surface area contributed by atoms with Crippen LogP contribution < -0.4 is 0 Å². The third-order valence-electron chi connectivity index (χ3n) is 3.24. The van der Waals surface area contributed by atoms with Crippen LogP contribution in [0.2, 0.25) is 0 Å². The summed E-state index contributed by atoms with van der Waals surface area (Å²) >= 11 is 6.60. The molecule has 0 heterocycles. The van der Waals surface area contributed by atoms with Gasteiger partial charge < -0.3 is 0 Å². The highest BCUT2D eigenvalue weighted by atomic mass is 79.9. The summed E-state index contributed by atoms with van der Waals surface area (Å²) in [6, 6.07) is 16.5. The van der Waals surface area contributed by atoms with Crippen LogP contribution in [-0.2, 0) is 0 Å². The second kappa shape index (κ2) is 6.55. The smallest absolute Gasteiger partial charge is 0.258 e. The SMILES string of the molecule is O=[N+]([O-])c1cc(Br)c(N=Nc2cccc3ccccc23)c(Br)c1. The van der Waals surface area contributed by atoms with Gasteiger partial charge in [0.15, 0.2) is 0 Å². The molecule has 0 spiro atoms. The maximum Gasteiger partial charge on any atom is 0.271 e. The van der Waals surface area contributed by atoms with Gasteiger partial charge in [0, 0.05) is 17.5 Å². The van der Waals surface area contributed by atoms with Gasteiger partial charge in [0.1, 0.15) is 5.69 Å². The van der Waals surface area contributed by atoms with E-state index < -0.39 is 4.92 Å². The number of nitro benzene ring substituents is 1. The van der Waals surface area contributed by atoms with Gasteiger partial charge in [0.25, 0.3) is 5.69 Å². The third kappa shape index (κ3) is 3.30. The maximum atomic E-state index is 10.9. The van der Waals surface area contributed by atoms with Crippen molar-refractivity contribution in [3.05, 3.63) is 73.7 Å². The van der Waals surface area contributed by atoms with Gasteiger partial charge in [-0.15, -0.1) is 10.2 Å². The second-order valence-electron chi connectivity index (χ2n) is 4.71. The Balaban J connectivity index is 2.04. The first kappa shape index (κ1) is 15.8. The van der Waals surface area contributed by atoms with Crippen molar-refractivity contribution in [1.82, 2.24) is 0 Å². The van der Waals surface area contributed by atoms with Gasteiger partial charge in [-0.3, -0.25) is 10.1 Å². The molecule has 0 radical (unpaired) electrons. The van der Waals surface area contributed by atoms with Crippen LogP contribution in [0.1, 0.15) is 0 Å². The first-order valence-electron chi connectivity index (χ1n) is 6.59. The molecule has 23 heavy (non-hydrogen) atoms. The predicted octanol–water partition coefficient (Wildman–Crippen LogP) is 6.69. The molecule has 0 fully saturated rings. The molecule has 0 unspecified atom stereocenters. The summed E-state index contributed by atoms with van der Waals surface area (Å²) < 4.78 is 1.00. The molecule has 0 amide bonds. The molecule has 0 bridgehead atoms. The van der Waals surface area contributed by atoms with Gasteiger partial charge in [-0.05, 0) is 43.3 Å². The Labute approximate surface area is 148 Å². The summed E-state index contributed by atoms with van der Waals surface area (Å²) in [5.41, 5.74) is 1.22. The van der Waals surface area contributed by atoms with Crippen molar-refractivity contribution in [3.63, 3.8) is 0 Å². The lowest BCUT2D eigenvalue weighted by Gasteiger charge is -2.03. The van der Waals surface area contributed by atoms with Gasteiger partial charge >= 0.3 is 0 Å². The summed E-state index contributed by atoms with van der Waals surface area (Å²) in [6.07, 6.45) is 0. The fourth-order valence-electron chi connectivity index (χ4n) is 2.15. The third-order valence-corrected chi connectivity index (χ3v) is 4.45. The molecule has 0 aromatic heterocycles. The largest absolute Gasteiger partial charge is 0.271 e. The molecule has 7 heteroatoms. The number of nitrogens with zero attached hydrogens (tertiary/aromatic N) is 3. The van der Waals surface area contributed by atoms with Gasteiger partial charge in [-0.25, -0.2) is 0 Å². The molecule has 0 aliphatic rings. The lowest BCUT2D eigenvalue weighted by molar-refractivity contribution is -0.385. The van der Waals surface area contributed by atoms with E-state index in [4.69, 9.17) is 0 Å². The molecule has 3 aromatic carbocycles. The fraction of sp³-hybridized carbons (Fsp3) is 0. The standard InChI is InChI=1S/C16H9Br2N3O2/c17-13-8-11(21(22)23)9-14(18)16(13)20-19-15-7-3-5-10-4-1-2-6-12(10)15/h1-9H. The van der Waals surface area contributed by atoms with Gasteiger partial charge in [0.2, 0.25) is 0 Å². The summed E-state index contributed by atoms with van der Waals surface area (Å²) in [5, 5.41) is 21.5. The van der Waals surface area contributed by atoms with E-state index in [1.54, 1.807) is 0 Å². The van der Waals surface area contributed by atoms with Crippen molar-refractivity contribution in [2.75, 3.05) is 0 Å². The van der Waals surface area contributed by atoms with Crippen LogP contribution in [0, 0.1) is 10.1 Å². The number of hydrogen-bond acceptors (Lipinski definition) is 4. The Morgan fingerprint density at radius 2 is 1.57 bits per heavy atom. The van der Waals surface area contributed by atoms with Crippen molar-refractivity contribution < 1.29 is 4.92 Å². The van der Waals surface area contributed by atoms with Crippen molar-refractivity contribution in [2.45, 2.75) is 0 Å². The van der Waals surface area contributed by atoms with Gasteiger partial charge in [0.05, 0.1) is 19.6 Å². The number of azo groups is 1. The number of rotatable bonds is 3. The number of nitro groups is 1. The van der Waals surface area contributed by atoms with E-state index in [0.29, 0.717) is 14.6 Å². The molecule has 0 saturated carbocycles. The Bertz CT molecular complexity index is 913. The van der Waals surface area contributed by atoms with Gasteiger partial charge in [-0.2, -0.15) is 0 Å². The number of non-ortho nitro benzene ring substituents is 1. The van der Waals surface area contributed by atoms with E-state index in [1.807, 2.05) is 42.5 Å².